The largest absolute Gasteiger partial charge is 0.465 e. The Morgan fingerprint density at radius 2 is 2.25 bits per heavy atom. The second-order valence-corrected chi connectivity index (χ2v) is 4.95. The zero-order chi connectivity index (χ0) is 11.4. The minimum Gasteiger partial charge on any atom is -0.465 e. The number of thiophene rings is 1. The number of methoxy groups -OCH3 is 1. The van der Waals surface area contributed by atoms with Crippen LogP contribution in [-0.4, -0.2) is 44.2 Å². The van der Waals surface area contributed by atoms with Gasteiger partial charge in [-0.2, -0.15) is 0 Å². The normalized spacial score (nSPS) is 17.3. The molecule has 5 heteroatoms. The van der Waals surface area contributed by atoms with Crippen LogP contribution in [-0.2, 0) is 11.3 Å². The summed E-state index contributed by atoms with van der Waals surface area (Å²) in [7, 11) is 1.41. The van der Waals surface area contributed by atoms with Crippen LogP contribution in [0.25, 0.3) is 0 Å². The summed E-state index contributed by atoms with van der Waals surface area (Å²) in [5.41, 5.74) is 0. The van der Waals surface area contributed by atoms with E-state index in [1.54, 1.807) is 0 Å². The lowest BCUT2D eigenvalue weighted by molar-refractivity contribution is 0.0606. The fourth-order valence-electron chi connectivity index (χ4n) is 1.76. The smallest absolute Gasteiger partial charge is 0.348 e. The van der Waals surface area contributed by atoms with E-state index in [-0.39, 0.29) is 5.97 Å². The molecule has 2 rings (SSSR count). The maximum absolute atomic E-state index is 11.3. The molecule has 1 saturated heterocycles. The van der Waals surface area contributed by atoms with Gasteiger partial charge in [0.1, 0.15) is 4.88 Å². The molecule has 0 aliphatic carbocycles. The first-order valence-electron chi connectivity index (χ1n) is 5.39. The van der Waals surface area contributed by atoms with Gasteiger partial charge in [-0.05, 0) is 12.1 Å². The third-order valence-corrected chi connectivity index (χ3v) is 3.69. The molecule has 1 aliphatic heterocycles. The maximum Gasteiger partial charge on any atom is 0.348 e. The van der Waals surface area contributed by atoms with E-state index in [9.17, 15) is 4.79 Å². The summed E-state index contributed by atoms with van der Waals surface area (Å²) in [5, 5.41) is 3.32. The number of hydrogen-bond donors (Lipinski definition) is 1. The van der Waals surface area contributed by atoms with Crippen LogP contribution < -0.4 is 5.32 Å². The molecule has 1 aliphatic rings. The van der Waals surface area contributed by atoms with Crippen molar-refractivity contribution in [1.82, 2.24) is 10.2 Å². The first kappa shape index (κ1) is 11.6. The minimum atomic E-state index is -0.239. The highest BCUT2D eigenvalue weighted by Crippen LogP contribution is 2.19. The third kappa shape index (κ3) is 2.81. The number of hydrogen-bond acceptors (Lipinski definition) is 5. The van der Waals surface area contributed by atoms with Gasteiger partial charge in [-0.3, -0.25) is 4.90 Å². The molecule has 1 N–H and O–H groups in total. The van der Waals surface area contributed by atoms with Crippen LogP contribution in [0.5, 0.6) is 0 Å². The molecule has 0 unspecified atom stereocenters. The summed E-state index contributed by atoms with van der Waals surface area (Å²) in [5.74, 6) is -0.239. The highest BCUT2D eigenvalue weighted by molar-refractivity contribution is 7.13. The minimum absolute atomic E-state index is 0.239. The summed E-state index contributed by atoms with van der Waals surface area (Å²) >= 11 is 1.52. The predicted octanol–water partition coefficient (Wildman–Crippen LogP) is 0.940. The molecule has 0 saturated carbocycles. The van der Waals surface area contributed by atoms with Gasteiger partial charge in [0.05, 0.1) is 7.11 Å². The van der Waals surface area contributed by atoms with Gasteiger partial charge in [0.2, 0.25) is 0 Å². The average molecular weight is 240 g/mol. The zero-order valence-corrected chi connectivity index (χ0v) is 10.2. The Kier molecular flexibility index (Phi) is 3.93. The van der Waals surface area contributed by atoms with Crippen LogP contribution in [0.4, 0.5) is 0 Å². The van der Waals surface area contributed by atoms with Crippen molar-refractivity contribution in [2.75, 3.05) is 33.3 Å². The first-order chi connectivity index (χ1) is 7.79. The van der Waals surface area contributed by atoms with E-state index < -0.39 is 0 Å². The van der Waals surface area contributed by atoms with E-state index in [1.807, 2.05) is 12.1 Å². The van der Waals surface area contributed by atoms with Gasteiger partial charge >= 0.3 is 5.97 Å². The second-order valence-electron chi connectivity index (χ2n) is 3.78. The summed E-state index contributed by atoms with van der Waals surface area (Å²) in [4.78, 5) is 15.6. The van der Waals surface area contributed by atoms with E-state index in [2.05, 4.69) is 15.0 Å². The Labute approximate surface area is 99.2 Å². The van der Waals surface area contributed by atoms with E-state index in [0.29, 0.717) is 4.88 Å². The van der Waals surface area contributed by atoms with Gasteiger partial charge in [-0.25, -0.2) is 4.79 Å². The Morgan fingerprint density at radius 3 is 2.94 bits per heavy atom. The van der Waals surface area contributed by atoms with Gasteiger partial charge in [0, 0.05) is 37.6 Å². The van der Waals surface area contributed by atoms with E-state index >= 15 is 0 Å². The molecule has 0 atom stereocenters. The van der Waals surface area contributed by atoms with Crippen LogP contribution >= 0.6 is 11.3 Å². The van der Waals surface area contributed by atoms with Gasteiger partial charge in [-0.1, -0.05) is 0 Å². The van der Waals surface area contributed by atoms with Crippen molar-refractivity contribution < 1.29 is 9.53 Å². The number of carbonyl (C=O) groups excluding carboxylic acids is 1. The summed E-state index contributed by atoms with van der Waals surface area (Å²) < 4.78 is 4.69. The number of esters is 1. The SMILES string of the molecule is COC(=O)c1ccc(CN2CCNCC2)s1. The van der Waals surface area contributed by atoms with Gasteiger partial charge < -0.3 is 10.1 Å². The fourth-order valence-corrected chi connectivity index (χ4v) is 2.73. The molecule has 1 aromatic rings. The van der Waals surface area contributed by atoms with Gasteiger partial charge in [0.15, 0.2) is 0 Å². The summed E-state index contributed by atoms with van der Waals surface area (Å²) in [6, 6.07) is 3.85. The highest BCUT2D eigenvalue weighted by Gasteiger charge is 2.13. The summed E-state index contributed by atoms with van der Waals surface area (Å²) in [6.07, 6.45) is 0. The van der Waals surface area contributed by atoms with E-state index in [4.69, 9.17) is 0 Å². The molecule has 2 heterocycles. The lowest BCUT2D eigenvalue weighted by Crippen LogP contribution is -2.42. The predicted molar refractivity (Wildman–Crippen MR) is 63.8 cm³/mol. The van der Waals surface area contributed by atoms with Crippen molar-refractivity contribution in [3.05, 3.63) is 21.9 Å². The maximum atomic E-state index is 11.3. The molecule has 0 radical (unpaired) electrons. The molecule has 1 fully saturated rings. The van der Waals surface area contributed by atoms with Crippen molar-refractivity contribution in [3.8, 4) is 0 Å². The first-order valence-corrected chi connectivity index (χ1v) is 6.21. The molecule has 0 aromatic carbocycles. The van der Waals surface area contributed by atoms with Crippen LogP contribution in [0.2, 0.25) is 0 Å². The third-order valence-electron chi connectivity index (χ3n) is 2.64. The lowest BCUT2D eigenvalue weighted by Gasteiger charge is -2.26. The Bertz CT molecular complexity index is 359. The monoisotopic (exact) mass is 240 g/mol. The number of rotatable bonds is 3. The molecule has 0 spiro atoms. The van der Waals surface area contributed by atoms with Gasteiger partial charge in [-0.15, -0.1) is 11.3 Å². The average Bonchev–Trinajstić information content (AvgIpc) is 2.78. The van der Waals surface area contributed by atoms with E-state index in [1.165, 1.54) is 23.3 Å². The zero-order valence-electron chi connectivity index (χ0n) is 9.36. The molecule has 1 aromatic heterocycles. The number of nitrogens with zero attached hydrogens (tertiary/aromatic N) is 1. The molecular formula is C11H16N2O2S. The van der Waals surface area contributed by atoms with Crippen LogP contribution in [0.1, 0.15) is 14.5 Å². The van der Waals surface area contributed by atoms with Crippen LogP contribution in [0, 0.1) is 0 Å². The van der Waals surface area contributed by atoms with Crippen molar-refractivity contribution in [3.63, 3.8) is 0 Å². The standard InChI is InChI=1S/C11H16N2O2S/c1-15-11(14)10-3-2-9(16-10)8-13-6-4-12-5-7-13/h2-3,12H,4-8H2,1H3. The molecule has 0 amide bonds. The quantitative estimate of drug-likeness (QED) is 0.798. The van der Waals surface area contributed by atoms with Crippen molar-refractivity contribution >= 4 is 17.3 Å². The van der Waals surface area contributed by atoms with Gasteiger partial charge in [0.25, 0.3) is 0 Å². The number of nitrogens with one attached hydrogen (secondary N) is 1. The van der Waals surface area contributed by atoms with Crippen LogP contribution in [0.3, 0.4) is 0 Å². The number of piperazine rings is 1. The van der Waals surface area contributed by atoms with Crippen molar-refractivity contribution in [2.45, 2.75) is 6.54 Å². The van der Waals surface area contributed by atoms with Crippen molar-refractivity contribution in [2.24, 2.45) is 0 Å². The van der Waals surface area contributed by atoms with E-state index in [0.717, 1.165) is 32.7 Å². The topological polar surface area (TPSA) is 41.6 Å². The molecule has 16 heavy (non-hydrogen) atoms. The molecule has 0 bridgehead atoms. The van der Waals surface area contributed by atoms with Crippen LogP contribution in [0.15, 0.2) is 12.1 Å². The Hall–Kier alpha value is -0.910. The Balaban J connectivity index is 1.94. The fraction of sp³-hybridized carbons (Fsp3) is 0.545. The second kappa shape index (κ2) is 5.43. The lowest BCUT2D eigenvalue weighted by atomic mass is 10.3. The number of ether oxygens (including phenoxy) is 1. The Morgan fingerprint density at radius 1 is 1.50 bits per heavy atom. The molecule has 4 nitrogen and oxygen atoms in total. The summed E-state index contributed by atoms with van der Waals surface area (Å²) in [6.45, 7) is 5.19. The number of carbonyl (C=O) groups is 1. The molecule has 88 valence electrons. The van der Waals surface area contributed by atoms with Crippen molar-refractivity contribution in [1.29, 1.82) is 0 Å². The highest BCUT2D eigenvalue weighted by atomic mass is 32.1. The molecular weight excluding hydrogens is 224 g/mol.